The normalized spacial score (nSPS) is 18.0. The first-order valence-corrected chi connectivity index (χ1v) is 13.3. The van der Waals surface area contributed by atoms with Crippen LogP contribution in [-0.4, -0.2) is 67.6 Å². The molecule has 6 bridgehead atoms. The highest BCUT2D eigenvalue weighted by molar-refractivity contribution is 5.96. The van der Waals surface area contributed by atoms with Crippen molar-refractivity contribution in [3.8, 4) is 17.2 Å². The zero-order chi connectivity index (χ0) is 27.9. The van der Waals surface area contributed by atoms with Gasteiger partial charge >= 0.3 is 0 Å². The number of anilines is 1. The Morgan fingerprint density at radius 1 is 1.00 bits per heavy atom. The van der Waals surface area contributed by atoms with Gasteiger partial charge in [0.1, 0.15) is 12.4 Å². The van der Waals surface area contributed by atoms with Crippen LogP contribution in [0.1, 0.15) is 46.7 Å². The molecule has 1 aromatic heterocycles. The first kappa shape index (κ1) is 27.0. The summed E-state index contributed by atoms with van der Waals surface area (Å²) >= 11 is 0. The molecule has 3 aliphatic rings. The monoisotopic (exact) mass is 544 g/mol. The van der Waals surface area contributed by atoms with Crippen LogP contribution in [0.5, 0.6) is 17.2 Å². The van der Waals surface area contributed by atoms with Gasteiger partial charge in [0.25, 0.3) is 5.91 Å². The summed E-state index contributed by atoms with van der Waals surface area (Å²) in [5.41, 5.74) is 3.11. The molecule has 2 N–H and O–H groups in total. The third-order valence-electron chi connectivity index (χ3n) is 6.98. The molecule has 3 aliphatic heterocycles. The quantitative estimate of drug-likeness (QED) is 0.475. The van der Waals surface area contributed by atoms with Crippen molar-refractivity contribution in [3.05, 3.63) is 77.6 Å². The van der Waals surface area contributed by atoms with E-state index < -0.39 is 0 Å². The Morgan fingerprint density at radius 3 is 2.67 bits per heavy atom. The van der Waals surface area contributed by atoms with Gasteiger partial charge in [-0.25, -0.2) is 0 Å². The van der Waals surface area contributed by atoms with Crippen molar-refractivity contribution < 1.29 is 28.6 Å². The van der Waals surface area contributed by atoms with E-state index in [2.05, 4.69) is 15.6 Å². The van der Waals surface area contributed by atoms with Crippen LogP contribution in [0, 0.1) is 0 Å². The highest BCUT2D eigenvalue weighted by Gasteiger charge is 2.28. The molecule has 1 atom stereocenters. The fraction of sp³-hybridized carbons (Fsp3) is 0.333. The maximum Gasteiger partial charge on any atom is 0.254 e. The standard InChI is InChI=1S/C30H32N4O6/c1-38-26-7-4-21-16-27(26)40-14-3-2-13-34(30(37)20-8-10-31-11-9-20)19-29(36)32-12-15-39-22-5-6-23-24(21)18-28(35)33-25(23)17-22/h4-11,16-17,24H,2-3,12-15,18-19H2,1H3,(H,32,36)(H,33,35). The van der Waals surface area contributed by atoms with Crippen molar-refractivity contribution in [1.82, 2.24) is 15.2 Å². The van der Waals surface area contributed by atoms with E-state index in [9.17, 15) is 14.4 Å². The number of pyridine rings is 1. The number of carbonyl (C=O) groups is 3. The molecule has 0 fully saturated rings. The van der Waals surface area contributed by atoms with E-state index in [-0.39, 0.29) is 43.3 Å². The average molecular weight is 545 g/mol. The van der Waals surface area contributed by atoms with Crippen LogP contribution in [0.4, 0.5) is 5.69 Å². The van der Waals surface area contributed by atoms with E-state index in [0.717, 1.165) is 11.1 Å². The van der Waals surface area contributed by atoms with Gasteiger partial charge in [-0.1, -0.05) is 12.1 Å². The fourth-order valence-corrected chi connectivity index (χ4v) is 4.96. The van der Waals surface area contributed by atoms with Gasteiger partial charge in [0.05, 0.1) is 26.8 Å². The van der Waals surface area contributed by atoms with E-state index in [1.165, 1.54) is 4.90 Å². The van der Waals surface area contributed by atoms with Gasteiger partial charge in [-0.3, -0.25) is 19.4 Å². The average Bonchev–Trinajstić information content (AvgIpc) is 2.97. The Labute approximate surface area is 232 Å². The summed E-state index contributed by atoms with van der Waals surface area (Å²) in [6, 6.07) is 14.6. The van der Waals surface area contributed by atoms with Crippen molar-refractivity contribution in [2.24, 2.45) is 0 Å². The van der Waals surface area contributed by atoms with Gasteiger partial charge in [-0.15, -0.1) is 0 Å². The predicted molar refractivity (Wildman–Crippen MR) is 148 cm³/mol. The molecule has 0 aliphatic carbocycles. The number of amides is 3. The minimum absolute atomic E-state index is 0.0757. The largest absolute Gasteiger partial charge is 0.493 e. The van der Waals surface area contributed by atoms with Gasteiger partial charge in [0.15, 0.2) is 11.5 Å². The summed E-state index contributed by atoms with van der Waals surface area (Å²) in [6.07, 6.45) is 4.71. The number of aromatic nitrogens is 1. The number of hydrogen-bond acceptors (Lipinski definition) is 7. The maximum absolute atomic E-state index is 13.1. The molecule has 3 amide bonds. The van der Waals surface area contributed by atoms with Crippen LogP contribution >= 0.6 is 0 Å². The summed E-state index contributed by atoms with van der Waals surface area (Å²) < 4.78 is 17.5. The topological polar surface area (TPSA) is 119 Å². The lowest BCUT2D eigenvalue weighted by molar-refractivity contribution is -0.122. The van der Waals surface area contributed by atoms with Crippen molar-refractivity contribution in [3.63, 3.8) is 0 Å². The number of fused-ring (bicyclic) bond motifs is 12. The van der Waals surface area contributed by atoms with Crippen molar-refractivity contribution in [2.75, 3.05) is 45.3 Å². The van der Waals surface area contributed by atoms with E-state index in [1.807, 2.05) is 30.3 Å². The molecule has 2 aromatic carbocycles. The van der Waals surface area contributed by atoms with Gasteiger partial charge in [-0.05, 0) is 54.3 Å². The summed E-state index contributed by atoms with van der Waals surface area (Å²) in [6.45, 7) is 1.21. The SMILES string of the molecule is COc1ccc2cc1OCCCCN(C(=O)c1ccncc1)CC(=O)NCCOc1ccc3c(c1)NC(=O)CC23. The van der Waals surface area contributed by atoms with E-state index in [1.54, 1.807) is 37.7 Å². The van der Waals surface area contributed by atoms with Crippen molar-refractivity contribution >= 4 is 23.4 Å². The Hall–Kier alpha value is -4.60. The molecular weight excluding hydrogens is 512 g/mol. The number of ether oxygens (including phenoxy) is 3. The third-order valence-corrected chi connectivity index (χ3v) is 6.98. The summed E-state index contributed by atoms with van der Waals surface area (Å²) in [7, 11) is 1.59. The van der Waals surface area contributed by atoms with Crippen LogP contribution in [0.2, 0.25) is 0 Å². The zero-order valence-corrected chi connectivity index (χ0v) is 22.4. The first-order valence-electron chi connectivity index (χ1n) is 13.3. The van der Waals surface area contributed by atoms with Crippen LogP contribution < -0.4 is 24.8 Å². The number of rotatable bonds is 2. The van der Waals surface area contributed by atoms with Crippen LogP contribution in [0.15, 0.2) is 60.9 Å². The summed E-state index contributed by atoms with van der Waals surface area (Å²) in [4.78, 5) is 44.0. The van der Waals surface area contributed by atoms with Gasteiger partial charge in [0.2, 0.25) is 11.8 Å². The molecule has 0 spiro atoms. The smallest absolute Gasteiger partial charge is 0.254 e. The number of nitrogens with one attached hydrogen (secondary N) is 2. The maximum atomic E-state index is 13.1. The van der Waals surface area contributed by atoms with Gasteiger partial charge in [-0.2, -0.15) is 0 Å². The lowest BCUT2D eigenvalue weighted by atomic mass is 9.84. The molecule has 10 heteroatoms. The van der Waals surface area contributed by atoms with Crippen molar-refractivity contribution in [1.29, 1.82) is 0 Å². The molecule has 10 nitrogen and oxygen atoms in total. The molecule has 4 heterocycles. The molecule has 3 aromatic rings. The Morgan fingerprint density at radius 2 is 1.85 bits per heavy atom. The summed E-state index contributed by atoms with van der Waals surface area (Å²) in [5, 5.41) is 5.77. The third kappa shape index (κ3) is 6.33. The molecule has 0 saturated heterocycles. The van der Waals surface area contributed by atoms with E-state index >= 15 is 0 Å². The molecule has 40 heavy (non-hydrogen) atoms. The predicted octanol–water partition coefficient (Wildman–Crippen LogP) is 3.37. The number of hydrogen-bond donors (Lipinski definition) is 2. The minimum atomic E-state index is -0.279. The fourth-order valence-electron chi connectivity index (χ4n) is 4.96. The zero-order valence-electron chi connectivity index (χ0n) is 22.4. The number of nitrogens with zero attached hydrogens (tertiary/aromatic N) is 2. The second-order valence-corrected chi connectivity index (χ2v) is 9.68. The van der Waals surface area contributed by atoms with Crippen LogP contribution in [0.3, 0.4) is 0 Å². The number of methoxy groups -OCH3 is 1. The minimum Gasteiger partial charge on any atom is -0.493 e. The molecule has 0 saturated carbocycles. The summed E-state index contributed by atoms with van der Waals surface area (Å²) in [5.74, 6) is 1.03. The molecular formula is C30H32N4O6. The lowest BCUT2D eigenvalue weighted by Gasteiger charge is -2.27. The van der Waals surface area contributed by atoms with Gasteiger partial charge < -0.3 is 29.7 Å². The lowest BCUT2D eigenvalue weighted by Crippen LogP contribution is -2.42. The van der Waals surface area contributed by atoms with Gasteiger partial charge in [0, 0.05) is 48.6 Å². The molecule has 208 valence electrons. The second-order valence-electron chi connectivity index (χ2n) is 9.68. The molecule has 6 rings (SSSR count). The van der Waals surface area contributed by atoms with Crippen LogP contribution in [0.25, 0.3) is 0 Å². The van der Waals surface area contributed by atoms with E-state index in [0.29, 0.717) is 60.9 Å². The van der Waals surface area contributed by atoms with E-state index in [4.69, 9.17) is 14.2 Å². The Kier molecular flexibility index (Phi) is 8.44. The number of benzene rings is 2. The van der Waals surface area contributed by atoms with Crippen LogP contribution in [-0.2, 0) is 9.59 Å². The highest BCUT2D eigenvalue weighted by Crippen LogP contribution is 2.41. The second kappa shape index (κ2) is 12.5. The molecule has 0 radical (unpaired) electrons. The Balaban J connectivity index is 1.39. The Bertz CT molecular complexity index is 1380. The molecule has 1 unspecified atom stereocenters. The van der Waals surface area contributed by atoms with Crippen molar-refractivity contribution in [2.45, 2.75) is 25.2 Å². The number of carbonyl (C=O) groups excluding carboxylic acids is 3. The highest BCUT2D eigenvalue weighted by atomic mass is 16.5. The first-order chi connectivity index (χ1) is 19.5.